The third-order valence-electron chi connectivity index (χ3n) is 3.53. The standard InChI is InChI=1S/C10H21N3O2S/c1-13(10-6-2-8(11)3-7-10)16(14,15)12-9-4-5-9/h8-10,12H,2-7,11H2,1H3. The van der Waals surface area contributed by atoms with Gasteiger partial charge in [0.25, 0.3) is 10.2 Å². The van der Waals surface area contributed by atoms with Gasteiger partial charge in [-0.2, -0.15) is 17.4 Å². The van der Waals surface area contributed by atoms with Gasteiger partial charge < -0.3 is 5.73 Å². The Morgan fingerprint density at radius 1 is 1.12 bits per heavy atom. The summed E-state index contributed by atoms with van der Waals surface area (Å²) in [6.07, 6.45) is 5.56. The lowest BCUT2D eigenvalue weighted by molar-refractivity contribution is 0.266. The number of hydrogen-bond donors (Lipinski definition) is 2. The predicted octanol–water partition coefficient (Wildman–Crippen LogP) is 0.185. The second-order valence-electron chi connectivity index (χ2n) is 4.98. The van der Waals surface area contributed by atoms with E-state index in [4.69, 9.17) is 5.73 Å². The highest BCUT2D eigenvalue weighted by Crippen LogP contribution is 2.25. The highest BCUT2D eigenvalue weighted by atomic mass is 32.2. The Morgan fingerprint density at radius 3 is 2.19 bits per heavy atom. The fourth-order valence-electron chi connectivity index (χ4n) is 2.16. The summed E-state index contributed by atoms with van der Waals surface area (Å²) in [5.74, 6) is 0. The molecule has 0 unspecified atom stereocenters. The SMILES string of the molecule is CN(C1CCC(N)CC1)S(=O)(=O)NC1CC1. The van der Waals surface area contributed by atoms with Gasteiger partial charge in [-0.1, -0.05) is 0 Å². The van der Waals surface area contributed by atoms with Crippen LogP contribution in [0.3, 0.4) is 0 Å². The summed E-state index contributed by atoms with van der Waals surface area (Å²) in [4.78, 5) is 0. The zero-order valence-electron chi connectivity index (χ0n) is 9.72. The molecule has 0 amide bonds. The van der Waals surface area contributed by atoms with Gasteiger partial charge in [-0.3, -0.25) is 0 Å². The van der Waals surface area contributed by atoms with Gasteiger partial charge in [-0.15, -0.1) is 0 Å². The Hall–Kier alpha value is -0.170. The molecule has 0 heterocycles. The lowest BCUT2D eigenvalue weighted by Gasteiger charge is -2.32. The summed E-state index contributed by atoms with van der Waals surface area (Å²) < 4.78 is 28.1. The minimum atomic E-state index is -3.27. The minimum Gasteiger partial charge on any atom is -0.328 e. The lowest BCUT2D eigenvalue weighted by Crippen LogP contribution is -2.47. The van der Waals surface area contributed by atoms with Gasteiger partial charge in [0.1, 0.15) is 0 Å². The van der Waals surface area contributed by atoms with Crippen LogP contribution in [0.5, 0.6) is 0 Å². The van der Waals surface area contributed by atoms with Crippen LogP contribution in [0, 0.1) is 0 Å². The number of nitrogens with two attached hydrogens (primary N) is 1. The van der Waals surface area contributed by atoms with E-state index in [1.54, 1.807) is 7.05 Å². The van der Waals surface area contributed by atoms with Crippen molar-refractivity contribution in [1.29, 1.82) is 0 Å². The van der Waals surface area contributed by atoms with Crippen molar-refractivity contribution in [3.05, 3.63) is 0 Å². The highest BCUT2D eigenvalue weighted by Gasteiger charge is 2.33. The van der Waals surface area contributed by atoms with Crippen LogP contribution in [0.1, 0.15) is 38.5 Å². The van der Waals surface area contributed by atoms with Gasteiger partial charge in [0.15, 0.2) is 0 Å². The van der Waals surface area contributed by atoms with Crippen molar-refractivity contribution in [3.63, 3.8) is 0 Å². The molecule has 6 heteroatoms. The molecule has 94 valence electrons. The fraction of sp³-hybridized carbons (Fsp3) is 1.00. The Morgan fingerprint density at radius 2 is 1.69 bits per heavy atom. The van der Waals surface area contributed by atoms with Crippen LogP contribution >= 0.6 is 0 Å². The van der Waals surface area contributed by atoms with E-state index < -0.39 is 10.2 Å². The van der Waals surface area contributed by atoms with Gasteiger partial charge in [-0.25, -0.2) is 0 Å². The van der Waals surface area contributed by atoms with Gasteiger partial charge in [-0.05, 0) is 38.5 Å². The van der Waals surface area contributed by atoms with Gasteiger partial charge in [0.05, 0.1) is 0 Å². The van der Waals surface area contributed by atoms with E-state index in [1.165, 1.54) is 4.31 Å². The molecule has 0 aromatic heterocycles. The zero-order chi connectivity index (χ0) is 11.8. The summed E-state index contributed by atoms with van der Waals surface area (Å²) in [6.45, 7) is 0. The molecular formula is C10H21N3O2S. The summed E-state index contributed by atoms with van der Waals surface area (Å²) in [5, 5.41) is 0. The first kappa shape index (κ1) is 12.3. The molecule has 2 rings (SSSR count). The van der Waals surface area contributed by atoms with E-state index in [1.807, 2.05) is 0 Å². The first-order valence-electron chi connectivity index (χ1n) is 6.00. The molecule has 0 saturated heterocycles. The molecule has 0 aromatic rings. The lowest BCUT2D eigenvalue weighted by atomic mass is 9.92. The van der Waals surface area contributed by atoms with Crippen molar-refractivity contribution in [3.8, 4) is 0 Å². The van der Waals surface area contributed by atoms with Gasteiger partial charge >= 0.3 is 0 Å². The largest absolute Gasteiger partial charge is 0.328 e. The first-order chi connectivity index (χ1) is 7.49. The molecule has 0 spiro atoms. The molecule has 2 aliphatic rings. The molecule has 3 N–H and O–H groups in total. The maximum atomic E-state index is 11.9. The van der Waals surface area contributed by atoms with Gasteiger partial charge in [0.2, 0.25) is 0 Å². The normalized spacial score (nSPS) is 31.9. The molecule has 0 atom stereocenters. The van der Waals surface area contributed by atoms with Crippen molar-refractivity contribution in [1.82, 2.24) is 9.03 Å². The van der Waals surface area contributed by atoms with E-state index in [0.717, 1.165) is 38.5 Å². The van der Waals surface area contributed by atoms with Crippen LogP contribution in [-0.2, 0) is 10.2 Å². The predicted molar refractivity (Wildman–Crippen MR) is 63.1 cm³/mol. The molecule has 5 nitrogen and oxygen atoms in total. The number of nitrogens with one attached hydrogen (secondary N) is 1. The van der Waals surface area contributed by atoms with Crippen molar-refractivity contribution >= 4 is 10.2 Å². The van der Waals surface area contributed by atoms with Crippen molar-refractivity contribution < 1.29 is 8.42 Å². The molecule has 0 bridgehead atoms. The second-order valence-corrected chi connectivity index (χ2v) is 6.74. The van der Waals surface area contributed by atoms with Crippen LogP contribution in [0.4, 0.5) is 0 Å². The Bertz CT molecular complexity index is 332. The third kappa shape index (κ3) is 2.94. The van der Waals surface area contributed by atoms with Crippen molar-refractivity contribution in [2.75, 3.05) is 7.05 Å². The average Bonchev–Trinajstić information content (AvgIpc) is 3.01. The Kier molecular flexibility index (Phi) is 3.53. The van der Waals surface area contributed by atoms with Crippen molar-refractivity contribution in [2.24, 2.45) is 5.73 Å². The summed E-state index contributed by atoms with van der Waals surface area (Å²) in [7, 11) is -1.60. The van der Waals surface area contributed by atoms with E-state index in [0.29, 0.717) is 0 Å². The zero-order valence-corrected chi connectivity index (χ0v) is 10.5. The second kappa shape index (κ2) is 4.60. The molecular weight excluding hydrogens is 226 g/mol. The monoisotopic (exact) mass is 247 g/mol. The van der Waals surface area contributed by atoms with Crippen LogP contribution in [-0.4, -0.2) is 37.9 Å². The molecule has 2 aliphatic carbocycles. The van der Waals surface area contributed by atoms with E-state index in [2.05, 4.69) is 4.72 Å². The molecule has 2 fully saturated rings. The number of hydrogen-bond acceptors (Lipinski definition) is 3. The van der Waals surface area contributed by atoms with Crippen LogP contribution in [0.2, 0.25) is 0 Å². The average molecular weight is 247 g/mol. The topological polar surface area (TPSA) is 75.4 Å². The van der Waals surface area contributed by atoms with Crippen LogP contribution in [0.15, 0.2) is 0 Å². The smallest absolute Gasteiger partial charge is 0.279 e. The van der Waals surface area contributed by atoms with Gasteiger partial charge in [0, 0.05) is 25.2 Å². The minimum absolute atomic E-state index is 0.121. The van der Waals surface area contributed by atoms with E-state index in [-0.39, 0.29) is 18.1 Å². The maximum Gasteiger partial charge on any atom is 0.279 e. The van der Waals surface area contributed by atoms with E-state index in [9.17, 15) is 8.42 Å². The number of rotatable bonds is 4. The summed E-state index contributed by atoms with van der Waals surface area (Å²) in [5.41, 5.74) is 5.81. The highest BCUT2D eigenvalue weighted by molar-refractivity contribution is 7.87. The molecule has 16 heavy (non-hydrogen) atoms. The molecule has 0 radical (unpaired) electrons. The third-order valence-corrected chi connectivity index (χ3v) is 5.22. The number of nitrogens with zero attached hydrogens (tertiary/aromatic N) is 1. The van der Waals surface area contributed by atoms with Crippen LogP contribution in [0.25, 0.3) is 0 Å². The molecule has 0 aliphatic heterocycles. The summed E-state index contributed by atoms with van der Waals surface area (Å²) >= 11 is 0. The van der Waals surface area contributed by atoms with Crippen LogP contribution < -0.4 is 10.5 Å². The fourth-order valence-corrected chi connectivity index (χ4v) is 3.58. The maximum absolute atomic E-state index is 11.9. The summed E-state index contributed by atoms with van der Waals surface area (Å²) in [6, 6.07) is 0.554. The van der Waals surface area contributed by atoms with E-state index >= 15 is 0 Å². The first-order valence-corrected chi connectivity index (χ1v) is 7.44. The quantitative estimate of drug-likeness (QED) is 0.744. The molecule has 2 saturated carbocycles. The molecule has 0 aromatic carbocycles. The Labute approximate surface area is 97.6 Å². The Balaban J connectivity index is 1.92. The van der Waals surface area contributed by atoms with Crippen molar-refractivity contribution in [2.45, 2.75) is 56.7 Å².